The van der Waals surface area contributed by atoms with Gasteiger partial charge in [0.05, 0.1) is 12.7 Å². The summed E-state index contributed by atoms with van der Waals surface area (Å²) in [5.41, 5.74) is 5.95. The molecule has 7 heteroatoms. The molecule has 0 aliphatic carbocycles. The maximum absolute atomic E-state index is 13.0. The molecule has 2 aromatic carbocycles. The maximum Gasteiger partial charge on any atom is 0.416 e. The largest absolute Gasteiger partial charge is 0.497 e. The molecule has 1 amide bonds. The second-order valence-electron chi connectivity index (χ2n) is 6.05. The first-order chi connectivity index (χ1) is 12.2. The van der Waals surface area contributed by atoms with Gasteiger partial charge in [-0.2, -0.15) is 13.2 Å². The first kappa shape index (κ1) is 19.8. The molecule has 0 saturated heterocycles. The van der Waals surface area contributed by atoms with Crippen LogP contribution in [0.3, 0.4) is 0 Å². The van der Waals surface area contributed by atoms with Crippen LogP contribution in [0.2, 0.25) is 0 Å². The predicted molar refractivity (Wildman–Crippen MR) is 94.0 cm³/mol. The molecule has 2 aromatic rings. The second kappa shape index (κ2) is 8.23. The Kier molecular flexibility index (Phi) is 6.26. The quantitative estimate of drug-likeness (QED) is 0.801. The number of nitrogens with one attached hydrogen (secondary N) is 1. The highest BCUT2D eigenvalue weighted by atomic mass is 19.4. The molecule has 4 nitrogen and oxygen atoms in total. The number of benzene rings is 2. The molecule has 0 radical (unpaired) electrons. The van der Waals surface area contributed by atoms with E-state index < -0.39 is 11.7 Å². The normalized spacial score (nSPS) is 12.5. The maximum atomic E-state index is 13.0. The van der Waals surface area contributed by atoms with Crippen LogP contribution >= 0.6 is 0 Å². The number of methoxy groups -OCH3 is 1. The SMILES string of the molecule is COc1ccc(C(C)CC(=O)Nc2cc(CN)cc(C(F)(F)F)c2)cc1. The van der Waals surface area contributed by atoms with E-state index in [2.05, 4.69) is 5.32 Å². The second-order valence-corrected chi connectivity index (χ2v) is 6.05. The van der Waals surface area contributed by atoms with Crippen molar-refractivity contribution in [1.29, 1.82) is 0 Å². The van der Waals surface area contributed by atoms with Gasteiger partial charge >= 0.3 is 6.18 Å². The van der Waals surface area contributed by atoms with Crippen molar-refractivity contribution in [2.75, 3.05) is 12.4 Å². The molecular weight excluding hydrogens is 345 g/mol. The van der Waals surface area contributed by atoms with Gasteiger partial charge in [-0.05, 0) is 47.4 Å². The van der Waals surface area contributed by atoms with Gasteiger partial charge < -0.3 is 15.8 Å². The molecule has 2 rings (SSSR count). The zero-order valence-corrected chi connectivity index (χ0v) is 14.6. The van der Waals surface area contributed by atoms with Crippen LogP contribution in [0.15, 0.2) is 42.5 Å². The van der Waals surface area contributed by atoms with E-state index in [1.807, 2.05) is 19.1 Å². The van der Waals surface area contributed by atoms with Crippen LogP contribution in [0.1, 0.15) is 36.0 Å². The van der Waals surface area contributed by atoms with Crippen LogP contribution in [0.25, 0.3) is 0 Å². The van der Waals surface area contributed by atoms with E-state index in [-0.39, 0.29) is 30.5 Å². The molecule has 0 saturated carbocycles. The van der Waals surface area contributed by atoms with E-state index in [9.17, 15) is 18.0 Å². The monoisotopic (exact) mass is 366 g/mol. The standard InChI is InChI=1S/C19H21F3N2O2/c1-12(14-3-5-17(26-2)6-4-14)7-18(25)24-16-9-13(11-23)8-15(10-16)19(20,21)22/h3-6,8-10,12H,7,11,23H2,1-2H3,(H,24,25). The van der Waals surface area contributed by atoms with E-state index in [0.29, 0.717) is 11.3 Å². The van der Waals surface area contributed by atoms with Crippen LogP contribution in [0.5, 0.6) is 5.75 Å². The van der Waals surface area contributed by atoms with Gasteiger partial charge in [0.25, 0.3) is 0 Å². The number of alkyl halides is 3. The zero-order chi connectivity index (χ0) is 19.3. The Balaban J connectivity index is 2.08. The molecule has 0 heterocycles. The van der Waals surface area contributed by atoms with E-state index in [1.54, 1.807) is 19.2 Å². The van der Waals surface area contributed by atoms with Crippen molar-refractivity contribution in [2.24, 2.45) is 5.73 Å². The fourth-order valence-electron chi connectivity index (χ4n) is 2.59. The summed E-state index contributed by atoms with van der Waals surface area (Å²) in [7, 11) is 1.57. The molecule has 0 aliphatic rings. The number of hydrogen-bond donors (Lipinski definition) is 2. The lowest BCUT2D eigenvalue weighted by Crippen LogP contribution is -2.16. The summed E-state index contributed by atoms with van der Waals surface area (Å²) in [5, 5.41) is 2.53. The summed E-state index contributed by atoms with van der Waals surface area (Å²) in [5.74, 6) is 0.250. The van der Waals surface area contributed by atoms with Gasteiger partial charge in [-0.25, -0.2) is 0 Å². The molecule has 1 unspecified atom stereocenters. The molecule has 0 aliphatic heterocycles. The number of halogens is 3. The fourth-order valence-corrected chi connectivity index (χ4v) is 2.59. The average Bonchev–Trinajstić information content (AvgIpc) is 2.60. The number of amides is 1. The Bertz CT molecular complexity index is 758. The number of rotatable bonds is 6. The highest BCUT2D eigenvalue weighted by molar-refractivity contribution is 5.91. The van der Waals surface area contributed by atoms with Crippen LogP contribution in [-0.2, 0) is 17.5 Å². The van der Waals surface area contributed by atoms with Crippen molar-refractivity contribution >= 4 is 11.6 Å². The lowest BCUT2D eigenvalue weighted by Gasteiger charge is -2.15. The lowest BCUT2D eigenvalue weighted by atomic mass is 9.97. The predicted octanol–water partition coefficient (Wildman–Crippen LogP) is 4.31. The third kappa shape index (κ3) is 5.23. The minimum atomic E-state index is -4.50. The molecular formula is C19H21F3N2O2. The fraction of sp³-hybridized carbons (Fsp3) is 0.316. The number of ether oxygens (including phenoxy) is 1. The summed E-state index contributed by atoms with van der Waals surface area (Å²) in [6.45, 7) is 1.83. The smallest absolute Gasteiger partial charge is 0.416 e. The number of nitrogens with two attached hydrogens (primary N) is 1. The zero-order valence-electron chi connectivity index (χ0n) is 14.6. The molecule has 140 valence electrons. The van der Waals surface area contributed by atoms with Gasteiger partial charge in [-0.3, -0.25) is 4.79 Å². The third-order valence-corrected chi connectivity index (χ3v) is 4.02. The van der Waals surface area contributed by atoms with Gasteiger partial charge in [0.2, 0.25) is 5.91 Å². The van der Waals surface area contributed by atoms with Crippen molar-refractivity contribution in [3.05, 3.63) is 59.2 Å². The Labute approximate surface area is 150 Å². The van der Waals surface area contributed by atoms with Crippen molar-refractivity contribution in [3.63, 3.8) is 0 Å². The molecule has 26 heavy (non-hydrogen) atoms. The summed E-state index contributed by atoms with van der Waals surface area (Å²) in [6, 6.07) is 10.6. The van der Waals surface area contributed by atoms with Gasteiger partial charge in [0, 0.05) is 18.7 Å². The molecule has 1 atom stereocenters. The van der Waals surface area contributed by atoms with Crippen LogP contribution in [-0.4, -0.2) is 13.0 Å². The minimum absolute atomic E-state index is 0.0466. The van der Waals surface area contributed by atoms with Crippen LogP contribution < -0.4 is 15.8 Å². The van der Waals surface area contributed by atoms with Gasteiger partial charge in [-0.15, -0.1) is 0 Å². The third-order valence-electron chi connectivity index (χ3n) is 4.02. The number of carbonyl (C=O) groups is 1. The Morgan fingerprint density at radius 3 is 2.38 bits per heavy atom. The number of anilines is 1. The highest BCUT2D eigenvalue weighted by Crippen LogP contribution is 2.32. The summed E-state index contributed by atoms with van der Waals surface area (Å²) >= 11 is 0. The number of carbonyl (C=O) groups excluding carboxylic acids is 1. The van der Waals surface area contributed by atoms with E-state index >= 15 is 0 Å². The van der Waals surface area contributed by atoms with E-state index in [4.69, 9.17) is 10.5 Å². The topological polar surface area (TPSA) is 64.3 Å². The number of hydrogen-bond acceptors (Lipinski definition) is 3. The van der Waals surface area contributed by atoms with Gasteiger partial charge in [0.15, 0.2) is 0 Å². The van der Waals surface area contributed by atoms with Gasteiger partial charge in [-0.1, -0.05) is 19.1 Å². The van der Waals surface area contributed by atoms with Crippen LogP contribution in [0, 0.1) is 0 Å². The van der Waals surface area contributed by atoms with Crippen molar-refractivity contribution in [1.82, 2.24) is 0 Å². The van der Waals surface area contributed by atoms with Gasteiger partial charge in [0.1, 0.15) is 5.75 Å². The van der Waals surface area contributed by atoms with E-state index in [0.717, 1.165) is 17.7 Å². The molecule has 0 bridgehead atoms. The molecule has 0 fully saturated rings. The van der Waals surface area contributed by atoms with Crippen molar-refractivity contribution in [2.45, 2.75) is 32.0 Å². The highest BCUT2D eigenvalue weighted by Gasteiger charge is 2.31. The molecule has 0 aromatic heterocycles. The van der Waals surface area contributed by atoms with Crippen molar-refractivity contribution in [3.8, 4) is 5.75 Å². The van der Waals surface area contributed by atoms with Crippen LogP contribution in [0.4, 0.5) is 18.9 Å². The van der Waals surface area contributed by atoms with E-state index in [1.165, 1.54) is 6.07 Å². The lowest BCUT2D eigenvalue weighted by molar-refractivity contribution is -0.137. The van der Waals surface area contributed by atoms with Crippen molar-refractivity contribution < 1.29 is 22.7 Å². The Morgan fingerprint density at radius 2 is 1.85 bits per heavy atom. The summed E-state index contributed by atoms with van der Waals surface area (Å²) in [4.78, 5) is 12.2. The molecule has 3 N–H and O–H groups in total. The minimum Gasteiger partial charge on any atom is -0.497 e. The summed E-state index contributed by atoms with van der Waals surface area (Å²) < 4.78 is 43.9. The molecule has 0 spiro atoms. The first-order valence-corrected chi connectivity index (χ1v) is 8.08. The first-order valence-electron chi connectivity index (χ1n) is 8.08. The Hall–Kier alpha value is -2.54. The Morgan fingerprint density at radius 1 is 1.19 bits per heavy atom. The summed E-state index contributed by atoms with van der Waals surface area (Å²) in [6.07, 6.45) is -4.36. The average molecular weight is 366 g/mol.